The molecule has 0 aliphatic carbocycles. The van der Waals surface area contributed by atoms with E-state index in [0.29, 0.717) is 0 Å². The molecule has 6 atom stereocenters. The summed E-state index contributed by atoms with van der Waals surface area (Å²) in [5, 5.41) is 17.9. The summed E-state index contributed by atoms with van der Waals surface area (Å²) in [5.74, 6) is 0. The number of nitriles is 2. The molecule has 178 valence electrons. The van der Waals surface area contributed by atoms with E-state index in [1.807, 2.05) is 12.1 Å². The topological polar surface area (TPSA) is 130 Å². The average Bonchev–Trinajstić information content (AvgIpc) is 2.81. The average molecular weight is 454 g/mol. The second kappa shape index (κ2) is 19.3. The summed E-state index contributed by atoms with van der Waals surface area (Å²) in [6.45, 7) is 13.7. The summed E-state index contributed by atoms with van der Waals surface area (Å²) in [4.78, 5) is 6.53. The number of hydrogen-bond acceptors (Lipinski definition) is 10. The van der Waals surface area contributed by atoms with Gasteiger partial charge in [0.2, 0.25) is 12.6 Å². The number of hydrogen-bond donors (Lipinski definition) is 0. The van der Waals surface area contributed by atoms with Crippen LogP contribution in [0.3, 0.4) is 0 Å². The molecule has 0 rings (SSSR count). The van der Waals surface area contributed by atoms with Gasteiger partial charge in [-0.25, -0.2) is 13.1 Å². The Bertz CT molecular complexity index is 598. The Balaban J connectivity index is 5.68. The minimum atomic E-state index is -0.903. The second-order valence-electron chi connectivity index (χ2n) is 6.08. The van der Waals surface area contributed by atoms with Gasteiger partial charge >= 0.3 is 0 Å². The molecule has 0 N–H and O–H groups in total. The summed E-state index contributed by atoms with van der Waals surface area (Å²) in [7, 11) is 5.57. The van der Waals surface area contributed by atoms with Gasteiger partial charge in [-0.05, 0) is 0 Å². The van der Waals surface area contributed by atoms with Gasteiger partial charge in [0.05, 0.1) is 38.2 Å². The zero-order valence-electron chi connectivity index (χ0n) is 18.8. The smallest absolute Gasteiger partial charge is 0.264 e. The third kappa shape index (κ3) is 12.5. The predicted molar refractivity (Wildman–Crippen MR) is 108 cm³/mol. The Kier molecular flexibility index (Phi) is 17.9. The first-order chi connectivity index (χ1) is 15.5. The van der Waals surface area contributed by atoms with Crippen molar-refractivity contribution < 1.29 is 37.9 Å². The molecule has 0 aromatic carbocycles. The SMILES string of the molecule is [C-]#[N+]CC(OC)OCC(OC(C[N+]#[C-])OC)C(COC(CC#N)OC)OC(CC#N)OC. The minimum Gasteiger partial charge on any atom is -0.355 e. The first kappa shape index (κ1) is 29.6. The molecule has 0 aromatic heterocycles. The van der Waals surface area contributed by atoms with E-state index < -0.39 is 37.4 Å². The second-order valence-corrected chi connectivity index (χ2v) is 6.08. The maximum Gasteiger partial charge on any atom is 0.264 e. The Hall–Kier alpha value is -2.36. The van der Waals surface area contributed by atoms with Crippen LogP contribution < -0.4 is 0 Å². The van der Waals surface area contributed by atoms with Gasteiger partial charge in [-0.15, -0.1) is 0 Å². The van der Waals surface area contributed by atoms with Crippen molar-refractivity contribution in [3.63, 3.8) is 0 Å². The van der Waals surface area contributed by atoms with Crippen LogP contribution in [-0.2, 0) is 37.9 Å². The van der Waals surface area contributed by atoms with Crippen molar-refractivity contribution in [3.8, 4) is 12.1 Å². The molecular formula is C20H30N4O8. The van der Waals surface area contributed by atoms with Crippen molar-refractivity contribution in [2.24, 2.45) is 0 Å². The third-order valence-corrected chi connectivity index (χ3v) is 4.01. The highest BCUT2D eigenvalue weighted by Crippen LogP contribution is 2.16. The van der Waals surface area contributed by atoms with Crippen LogP contribution in [0.5, 0.6) is 0 Å². The van der Waals surface area contributed by atoms with Crippen molar-refractivity contribution in [3.05, 3.63) is 22.8 Å². The van der Waals surface area contributed by atoms with E-state index in [0.717, 1.165) is 0 Å². The van der Waals surface area contributed by atoms with Crippen molar-refractivity contribution in [1.82, 2.24) is 0 Å². The number of methoxy groups -OCH3 is 4. The van der Waals surface area contributed by atoms with Gasteiger partial charge < -0.3 is 47.6 Å². The highest BCUT2D eigenvalue weighted by molar-refractivity contribution is 4.79. The van der Waals surface area contributed by atoms with E-state index in [9.17, 15) is 0 Å². The monoisotopic (exact) mass is 454 g/mol. The van der Waals surface area contributed by atoms with E-state index in [4.69, 9.17) is 61.6 Å². The molecule has 6 unspecified atom stereocenters. The molecule has 0 heterocycles. The fourth-order valence-corrected chi connectivity index (χ4v) is 2.33. The van der Waals surface area contributed by atoms with Gasteiger partial charge in [-0.1, -0.05) is 0 Å². The lowest BCUT2D eigenvalue weighted by Gasteiger charge is -2.32. The highest BCUT2D eigenvalue weighted by Gasteiger charge is 2.32. The molecule has 0 aliphatic heterocycles. The fraction of sp³-hybridized carbons (Fsp3) is 0.800. The molecule has 0 saturated carbocycles. The molecule has 12 heteroatoms. The van der Waals surface area contributed by atoms with Gasteiger partial charge in [0, 0.05) is 28.4 Å². The quantitative estimate of drug-likeness (QED) is 0.208. The molecule has 0 bridgehead atoms. The number of nitrogens with zero attached hydrogens (tertiary/aromatic N) is 4. The van der Waals surface area contributed by atoms with Crippen LogP contribution in [0.15, 0.2) is 0 Å². The summed E-state index contributed by atoms with van der Waals surface area (Å²) >= 11 is 0. The molecule has 0 aromatic rings. The van der Waals surface area contributed by atoms with Crippen molar-refractivity contribution in [2.75, 3.05) is 54.7 Å². The molecule has 0 aliphatic rings. The van der Waals surface area contributed by atoms with Gasteiger partial charge in [-0.2, -0.15) is 10.5 Å². The highest BCUT2D eigenvalue weighted by atomic mass is 16.7. The van der Waals surface area contributed by atoms with Crippen molar-refractivity contribution >= 4 is 0 Å². The van der Waals surface area contributed by atoms with Crippen molar-refractivity contribution in [2.45, 2.75) is 50.2 Å². The van der Waals surface area contributed by atoms with E-state index in [2.05, 4.69) is 9.69 Å². The summed E-state index contributed by atoms with van der Waals surface area (Å²) in [6, 6.07) is 3.91. The van der Waals surface area contributed by atoms with Crippen LogP contribution in [0.2, 0.25) is 0 Å². The van der Waals surface area contributed by atoms with E-state index in [1.165, 1.54) is 28.4 Å². The zero-order chi connectivity index (χ0) is 24.2. The maximum absolute atomic E-state index is 9.01. The standard InChI is InChI=1S/C20H30N4O8/c1-23-11-19(27-5)30-14-16(32-20(28-6)12-24-2)15(31-18(26-4)8-10-22)13-29-17(25-3)7-9-21/h15-20H,7-8,11-14H2,3-6H3. The number of rotatable bonds is 19. The van der Waals surface area contributed by atoms with Gasteiger partial charge in [0.25, 0.3) is 13.1 Å². The molecule has 0 radical (unpaired) electrons. The first-order valence-electron chi connectivity index (χ1n) is 9.58. The molecule has 32 heavy (non-hydrogen) atoms. The molecule has 12 nitrogen and oxygen atoms in total. The third-order valence-electron chi connectivity index (χ3n) is 4.01. The Labute approximate surface area is 189 Å². The normalized spacial score (nSPS) is 16.4. The molecule has 0 saturated heterocycles. The zero-order valence-corrected chi connectivity index (χ0v) is 18.8. The van der Waals surface area contributed by atoms with Gasteiger partial charge in [0.1, 0.15) is 12.2 Å². The van der Waals surface area contributed by atoms with Gasteiger partial charge in [0.15, 0.2) is 12.6 Å². The van der Waals surface area contributed by atoms with E-state index >= 15 is 0 Å². The fourth-order valence-electron chi connectivity index (χ4n) is 2.33. The first-order valence-corrected chi connectivity index (χ1v) is 9.58. The Morgan fingerprint density at radius 1 is 0.656 bits per heavy atom. The van der Waals surface area contributed by atoms with E-state index in [-0.39, 0.29) is 39.1 Å². The Morgan fingerprint density at radius 2 is 1.06 bits per heavy atom. The predicted octanol–water partition coefficient (Wildman–Crippen LogP) is 1.35. The molecule has 0 spiro atoms. The van der Waals surface area contributed by atoms with Crippen LogP contribution in [-0.4, -0.2) is 92.1 Å². The summed E-state index contributed by atoms with van der Waals surface area (Å²) in [6.07, 6.45) is -5.28. The Morgan fingerprint density at radius 3 is 1.50 bits per heavy atom. The molecule has 0 fully saturated rings. The number of ether oxygens (including phenoxy) is 8. The lowest BCUT2D eigenvalue weighted by atomic mass is 10.2. The van der Waals surface area contributed by atoms with E-state index in [1.54, 1.807) is 0 Å². The van der Waals surface area contributed by atoms with Crippen molar-refractivity contribution in [1.29, 1.82) is 10.5 Å². The largest absolute Gasteiger partial charge is 0.355 e. The summed E-state index contributed by atoms with van der Waals surface area (Å²) in [5.41, 5.74) is 0. The van der Waals surface area contributed by atoms with Gasteiger partial charge in [-0.3, -0.25) is 0 Å². The van der Waals surface area contributed by atoms with Crippen LogP contribution >= 0.6 is 0 Å². The van der Waals surface area contributed by atoms with Crippen LogP contribution in [0.1, 0.15) is 12.8 Å². The van der Waals surface area contributed by atoms with Crippen LogP contribution in [0.4, 0.5) is 0 Å². The maximum atomic E-state index is 9.01. The molecular weight excluding hydrogens is 424 g/mol. The van der Waals surface area contributed by atoms with Crippen LogP contribution in [0, 0.1) is 35.8 Å². The summed E-state index contributed by atoms with van der Waals surface area (Å²) < 4.78 is 43.6. The lowest BCUT2D eigenvalue weighted by molar-refractivity contribution is -0.258. The lowest BCUT2D eigenvalue weighted by Crippen LogP contribution is -2.45. The molecule has 0 amide bonds. The minimum absolute atomic E-state index is 0.0215. The van der Waals surface area contributed by atoms with Crippen LogP contribution in [0.25, 0.3) is 9.69 Å².